The van der Waals surface area contributed by atoms with Gasteiger partial charge >= 0.3 is 0 Å². The quantitative estimate of drug-likeness (QED) is 0.850. The Hall–Kier alpha value is -2.27. The van der Waals surface area contributed by atoms with Crippen molar-refractivity contribution in [3.63, 3.8) is 0 Å². The van der Waals surface area contributed by atoms with Crippen LogP contribution in [0.15, 0.2) is 54.6 Å². The number of thioether (sulfide) groups is 1. The number of carbonyl (C=O) groups is 2. The van der Waals surface area contributed by atoms with Crippen LogP contribution in [0, 0.1) is 6.92 Å². The molecule has 2 aromatic rings. The highest BCUT2D eigenvalue weighted by molar-refractivity contribution is 8.01. The van der Waals surface area contributed by atoms with E-state index in [0.717, 1.165) is 16.9 Å². The topological polar surface area (TPSA) is 58.2 Å². The molecular formula is C18H20N2O2S. The molecule has 2 N–H and O–H groups in total. The summed E-state index contributed by atoms with van der Waals surface area (Å²) in [6.07, 6.45) is 0. The molecule has 0 unspecified atom stereocenters. The predicted molar refractivity (Wildman–Crippen MR) is 96.8 cm³/mol. The molecule has 120 valence electrons. The minimum atomic E-state index is -0.309. The Kier molecular flexibility index (Phi) is 6.23. The van der Waals surface area contributed by atoms with Crippen LogP contribution in [-0.4, -0.2) is 22.8 Å². The summed E-state index contributed by atoms with van der Waals surface area (Å²) in [5.74, 6) is 0.0191. The smallest absolute Gasteiger partial charge is 0.237 e. The molecule has 2 amide bonds. The lowest BCUT2D eigenvalue weighted by Crippen LogP contribution is -2.25. The van der Waals surface area contributed by atoms with Gasteiger partial charge < -0.3 is 10.6 Å². The second-order valence-electron chi connectivity index (χ2n) is 5.17. The lowest BCUT2D eigenvalue weighted by Gasteiger charge is -2.13. The molecule has 0 radical (unpaired) electrons. The molecule has 0 bridgehead atoms. The van der Waals surface area contributed by atoms with Crippen molar-refractivity contribution in [1.29, 1.82) is 0 Å². The first-order valence-corrected chi connectivity index (χ1v) is 8.44. The lowest BCUT2D eigenvalue weighted by atomic mass is 10.2. The van der Waals surface area contributed by atoms with Gasteiger partial charge in [-0.1, -0.05) is 36.4 Å². The van der Waals surface area contributed by atoms with Crippen molar-refractivity contribution in [3.05, 3.63) is 60.2 Å². The van der Waals surface area contributed by atoms with E-state index in [1.165, 1.54) is 11.8 Å². The molecule has 0 heterocycles. The van der Waals surface area contributed by atoms with Crippen LogP contribution in [0.5, 0.6) is 0 Å². The van der Waals surface area contributed by atoms with E-state index in [1.807, 2.05) is 61.5 Å². The number of rotatable bonds is 6. The van der Waals surface area contributed by atoms with Crippen LogP contribution in [0.2, 0.25) is 0 Å². The van der Waals surface area contributed by atoms with Gasteiger partial charge in [-0.15, -0.1) is 11.8 Å². The van der Waals surface area contributed by atoms with Crippen LogP contribution in [-0.2, 0) is 9.59 Å². The summed E-state index contributed by atoms with van der Waals surface area (Å²) >= 11 is 1.31. The van der Waals surface area contributed by atoms with Crippen molar-refractivity contribution in [2.45, 2.75) is 19.1 Å². The maximum Gasteiger partial charge on any atom is 0.237 e. The lowest BCUT2D eigenvalue weighted by molar-refractivity contribution is -0.115. The highest BCUT2D eigenvalue weighted by atomic mass is 32.2. The molecule has 0 fully saturated rings. The van der Waals surface area contributed by atoms with Crippen LogP contribution < -0.4 is 10.6 Å². The van der Waals surface area contributed by atoms with Gasteiger partial charge in [0, 0.05) is 11.4 Å². The summed E-state index contributed by atoms with van der Waals surface area (Å²) in [6.45, 7) is 3.74. The molecule has 1 atom stereocenters. The zero-order valence-electron chi connectivity index (χ0n) is 13.2. The van der Waals surface area contributed by atoms with Crippen LogP contribution in [0.3, 0.4) is 0 Å². The maximum absolute atomic E-state index is 12.2. The van der Waals surface area contributed by atoms with Gasteiger partial charge in [0.25, 0.3) is 0 Å². The fourth-order valence-electron chi connectivity index (χ4n) is 1.94. The largest absolute Gasteiger partial charge is 0.325 e. The number of carbonyl (C=O) groups excluding carboxylic acids is 2. The van der Waals surface area contributed by atoms with E-state index in [2.05, 4.69) is 10.6 Å². The average Bonchev–Trinajstić information content (AvgIpc) is 2.55. The molecule has 5 heteroatoms. The number of amides is 2. The molecule has 0 saturated heterocycles. The van der Waals surface area contributed by atoms with Crippen LogP contribution in [0.1, 0.15) is 12.5 Å². The molecule has 0 saturated carbocycles. The van der Waals surface area contributed by atoms with E-state index in [4.69, 9.17) is 0 Å². The molecule has 0 aliphatic rings. The van der Waals surface area contributed by atoms with E-state index in [9.17, 15) is 9.59 Å². The molecule has 2 aromatic carbocycles. The Labute approximate surface area is 140 Å². The molecule has 4 nitrogen and oxygen atoms in total. The zero-order chi connectivity index (χ0) is 16.7. The van der Waals surface area contributed by atoms with E-state index in [1.54, 1.807) is 6.92 Å². The van der Waals surface area contributed by atoms with Crippen LogP contribution in [0.4, 0.5) is 11.4 Å². The van der Waals surface area contributed by atoms with Crippen molar-refractivity contribution in [3.8, 4) is 0 Å². The summed E-state index contributed by atoms with van der Waals surface area (Å²) in [6, 6.07) is 16.9. The first-order chi connectivity index (χ1) is 11.1. The minimum Gasteiger partial charge on any atom is -0.325 e. The number of hydrogen-bond donors (Lipinski definition) is 2. The van der Waals surface area contributed by atoms with Gasteiger partial charge in [-0.05, 0) is 37.6 Å². The number of anilines is 2. The number of nitrogens with one attached hydrogen (secondary N) is 2. The monoisotopic (exact) mass is 328 g/mol. The van der Waals surface area contributed by atoms with Crippen LogP contribution in [0.25, 0.3) is 0 Å². The van der Waals surface area contributed by atoms with Gasteiger partial charge in [-0.3, -0.25) is 9.59 Å². The summed E-state index contributed by atoms with van der Waals surface area (Å²) < 4.78 is 0. The van der Waals surface area contributed by atoms with Gasteiger partial charge in [-0.2, -0.15) is 0 Å². The fourth-order valence-corrected chi connectivity index (χ4v) is 2.63. The van der Waals surface area contributed by atoms with Gasteiger partial charge in [0.15, 0.2) is 0 Å². The molecule has 0 spiro atoms. The van der Waals surface area contributed by atoms with E-state index < -0.39 is 0 Å². The normalized spacial score (nSPS) is 11.6. The second-order valence-corrected chi connectivity index (χ2v) is 6.50. The number of benzene rings is 2. The number of aryl methyl sites for hydroxylation is 1. The van der Waals surface area contributed by atoms with Gasteiger partial charge in [0.05, 0.1) is 11.0 Å². The molecule has 0 aromatic heterocycles. The first kappa shape index (κ1) is 17.1. The summed E-state index contributed by atoms with van der Waals surface area (Å²) in [7, 11) is 0. The molecule has 0 aliphatic carbocycles. The molecule has 2 rings (SSSR count). The van der Waals surface area contributed by atoms with Crippen molar-refractivity contribution < 1.29 is 9.59 Å². The fraction of sp³-hybridized carbons (Fsp3) is 0.222. The predicted octanol–water partition coefficient (Wildman–Crippen LogP) is 3.69. The Bertz CT molecular complexity index is 674. The Morgan fingerprint density at radius 3 is 2.35 bits per heavy atom. The van der Waals surface area contributed by atoms with E-state index in [0.29, 0.717) is 0 Å². The van der Waals surface area contributed by atoms with Crippen molar-refractivity contribution in [2.24, 2.45) is 0 Å². The minimum absolute atomic E-state index is 0.100. The Balaban J connectivity index is 1.80. The maximum atomic E-state index is 12.2. The number of hydrogen-bond acceptors (Lipinski definition) is 3. The van der Waals surface area contributed by atoms with Crippen molar-refractivity contribution in [1.82, 2.24) is 0 Å². The molecular weight excluding hydrogens is 308 g/mol. The highest BCUT2D eigenvalue weighted by Gasteiger charge is 2.16. The Morgan fingerprint density at radius 1 is 1.00 bits per heavy atom. The van der Waals surface area contributed by atoms with Crippen molar-refractivity contribution in [2.75, 3.05) is 16.4 Å². The van der Waals surface area contributed by atoms with Gasteiger partial charge in [-0.25, -0.2) is 0 Å². The SMILES string of the molecule is Cc1ccccc1NC(=O)[C@@H](C)SCC(=O)Nc1ccccc1. The first-order valence-electron chi connectivity index (χ1n) is 7.39. The van der Waals surface area contributed by atoms with Crippen LogP contribution >= 0.6 is 11.8 Å². The Morgan fingerprint density at radius 2 is 1.65 bits per heavy atom. The van der Waals surface area contributed by atoms with E-state index >= 15 is 0 Å². The number of para-hydroxylation sites is 2. The van der Waals surface area contributed by atoms with Gasteiger partial charge in [0.1, 0.15) is 0 Å². The summed E-state index contributed by atoms with van der Waals surface area (Å²) in [5.41, 5.74) is 2.58. The third kappa shape index (κ3) is 5.45. The summed E-state index contributed by atoms with van der Waals surface area (Å²) in [4.78, 5) is 24.1. The molecule has 23 heavy (non-hydrogen) atoms. The van der Waals surface area contributed by atoms with E-state index in [-0.39, 0.29) is 22.8 Å². The zero-order valence-corrected chi connectivity index (χ0v) is 14.0. The third-order valence-electron chi connectivity index (χ3n) is 3.29. The summed E-state index contributed by atoms with van der Waals surface area (Å²) in [5, 5.41) is 5.39. The average molecular weight is 328 g/mol. The third-order valence-corrected chi connectivity index (χ3v) is 4.44. The van der Waals surface area contributed by atoms with Crippen molar-refractivity contribution >= 4 is 35.0 Å². The van der Waals surface area contributed by atoms with Gasteiger partial charge in [0.2, 0.25) is 11.8 Å². The standard InChI is InChI=1S/C18H20N2O2S/c1-13-8-6-7-11-16(13)20-18(22)14(2)23-12-17(21)19-15-9-4-3-5-10-15/h3-11,14H,12H2,1-2H3,(H,19,21)(H,20,22)/t14-/m1/s1. The second kappa shape index (κ2) is 8.39. The highest BCUT2D eigenvalue weighted by Crippen LogP contribution is 2.17. The molecule has 0 aliphatic heterocycles.